The molecule has 2 aliphatic heterocycles. The second-order valence-electron chi connectivity index (χ2n) is 6.80. The average molecular weight is 278 g/mol. The molecule has 0 saturated heterocycles. The molecule has 0 bridgehead atoms. The molecule has 1 aromatic rings. The summed E-state index contributed by atoms with van der Waals surface area (Å²) in [7, 11) is 0. The van der Waals surface area contributed by atoms with Gasteiger partial charge in [0.25, 0.3) is 0 Å². The van der Waals surface area contributed by atoms with E-state index < -0.39 is 0 Å². The summed E-state index contributed by atoms with van der Waals surface area (Å²) in [5.41, 5.74) is 3.00. The molecule has 2 heterocycles. The van der Waals surface area contributed by atoms with Gasteiger partial charge >= 0.3 is 0 Å². The van der Waals surface area contributed by atoms with E-state index in [1.54, 1.807) is 0 Å². The van der Waals surface area contributed by atoms with Crippen molar-refractivity contribution in [3.8, 4) is 5.75 Å². The number of allylic oxidation sites excluding steroid dienone is 2. The van der Waals surface area contributed by atoms with Gasteiger partial charge in [-0.2, -0.15) is 0 Å². The van der Waals surface area contributed by atoms with Crippen molar-refractivity contribution in [2.75, 3.05) is 6.61 Å². The van der Waals surface area contributed by atoms with Crippen LogP contribution in [-0.2, 0) is 5.41 Å². The molecule has 106 valence electrons. The Bertz CT molecular complexity index is 757. The number of benzene rings is 1. The van der Waals surface area contributed by atoms with Gasteiger partial charge in [-0.25, -0.2) is 4.85 Å². The van der Waals surface area contributed by atoms with E-state index in [-0.39, 0.29) is 16.2 Å². The fourth-order valence-corrected chi connectivity index (χ4v) is 4.64. The summed E-state index contributed by atoms with van der Waals surface area (Å²) in [5, 5.41) is 0. The number of aliphatic imine (C=N–C) groups is 1. The van der Waals surface area contributed by atoms with Gasteiger partial charge in [0, 0.05) is 34.6 Å². The number of rotatable bonds is 1. The van der Waals surface area contributed by atoms with Crippen LogP contribution in [0.25, 0.3) is 4.85 Å². The Balaban J connectivity index is 1.94. The predicted molar refractivity (Wildman–Crippen MR) is 83.0 cm³/mol. The minimum absolute atomic E-state index is 0.0260. The van der Waals surface area contributed by atoms with Gasteiger partial charge in [-0.3, -0.25) is 4.99 Å². The Morgan fingerprint density at radius 3 is 2.71 bits per heavy atom. The molecule has 1 saturated carbocycles. The smallest absolute Gasteiger partial charge is 0.187 e. The SMILES string of the molecule is [C-]#[N+]c1ccc2c(c1)[C@]1(C)[C@](C)(CO2)[C@@]1(C)C1=CCC=N1. The van der Waals surface area contributed by atoms with Crippen molar-refractivity contribution in [3.63, 3.8) is 0 Å². The normalized spacial score (nSPS) is 38.9. The van der Waals surface area contributed by atoms with E-state index in [1.165, 1.54) is 5.70 Å². The molecular formula is C18H18N2O. The van der Waals surface area contributed by atoms with Crippen LogP contribution in [0.3, 0.4) is 0 Å². The molecule has 1 fully saturated rings. The lowest BCUT2D eigenvalue weighted by atomic mass is 9.84. The Morgan fingerprint density at radius 1 is 1.24 bits per heavy atom. The first-order valence-corrected chi connectivity index (χ1v) is 7.37. The van der Waals surface area contributed by atoms with Crippen LogP contribution in [-0.4, -0.2) is 12.8 Å². The maximum atomic E-state index is 7.27. The van der Waals surface area contributed by atoms with Gasteiger partial charge in [0.15, 0.2) is 5.69 Å². The van der Waals surface area contributed by atoms with E-state index in [0.29, 0.717) is 12.3 Å². The standard InChI is InChI=1S/C18H18N2O/c1-16-11-21-14-8-7-12(19-4)10-13(14)17(16,2)18(16,3)15-6-5-9-20-15/h6-10H,5,11H2,1-3H3/t16-,17+,18+/m0/s1. The zero-order valence-electron chi connectivity index (χ0n) is 12.6. The van der Waals surface area contributed by atoms with E-state index in [9.17, 15) is 0 Å². The van der Waals surface area contributed by atoms with Gasteiger partial charge in [0.05, 0.1) is 13.2 Å². The molecule has 3 atom stereocenters. The van der Waals surface area contributed by atoms with Crippen LogP contribution in [0.5, 0.6) is 5.75 Å². The highest BCUT2D eigenvalue weighted by Gasteiger charge is 2.83. The van der Waals surface area contributed by atoms with Crippen molar-refractivity contribution in [2.24, 2.45) is 15.8 Å². The number of hydrogen-bond acceptors (Lipinski definition) is 2. The molecule has 0 N–H and O–H groups in total. The summed E-state index contributed by atoms with van der Waals surface area (Å²) >= 11 is 0. The zero-order chi connectivity index (χ0) is 14.9. The van der Waals surface area contributed by atoms with Crippen LogP contribution in [0.1, 0.15) is 32.8 Å². The summed E-state index contributed by atoms with van der Waals surface area (Å²) in [4.78, 5) is 8.20. The Morgan fingerprint density at radius 2 is 2.05 bits per heavy atom. The second kappa shape index (κ2) is 3.57. The molecule has 0 radical (unpaired) electrons. The van der Waals surface area contributed by atoms with Crippen molar-refractivity contribution in [2.45, 2.75) is 32.6 Å². The zero-order valence-corrected chi connectivity index (χ0v) is 12.6. The van der Waals surface area contributed by atoms with Gasteiger partial charge in [-0.1, -0.05) is 32.9 Å². The summed E-state index contributed by atoms with van der Waals surface area (Å²) in [5.74, 6) is 0.925. The molecule has 0 aromatic heterocycles. The van der Waals surface area contributed by atoms with Crippen LogP contribution >= 0.6 is 0 Å². The third kappa shape index (κ3) is 1.15. The quantitative estimate of drug-likeness (QED) is 0.704. The monoisotopic (exact) mass is 278 g/mol. The first-order valence-electron chi connectivity index (χ1n) is 7.37. The highest BCUT2D eigenvalue weighted by molar-refractivity contribution is 5.69. The molecule has 0 amide bonds. The van der Waals surface area contributed by atoms with Gasteiger partial charge in [0.1, 0.15) is 5.75 Å². The summed E-state index contributed by atoms with van der Waals surface area (Å²) in [6.07, 6.45) is 5.13. The topological polar surface area (TPSA) is 25.9 Å². The summed E-state index contributed by atoms with van der Waals surface area (Å²) in [6, 6.07) is 5.79. The molecule has 3 aliphatic rings. The molecule has 0 unspecified atom stereocenters. The van der Waals surface area contributed by atoms with Crippen LogP contribution in [0.15, 0.2) is 35.0 Å². The Labute approximate surface area is 125 Å². The van der Waals surface area contributed by atoms with Gasteiger partial charge in [-0.15, -0.1) is 0 Å². The summed E-state index contributed by atoms with van der Waals surface area (Å²) in [6.45, 7) is 14.9. The lowest BCUT2D eigenvalue weighted by molar-refractivity contribution is 0.193. The number of hydrogen-bond donors (Lipinski definition) is 0. The van der Waals surface area contributed by atoms with E-state index in [2.05, 4.69) is 36.7 Å². The second-order valence-corrected chi connectivity index (χ2v) is 6.80. The van der Waals surface area contributed by atoms with E-state index in [4.69, 9.17) is 11.3 Å². The van der Waals surface area contributed by atoms with Crippen LogP contribution in [0, 0.1) is 17.4 Å². The van der Waals surface area contributed by atoms with Crippen molar-refractivity contribution in [1.82, 2.24) is 0 Å². The Kier molecular flexibility index (Phi) is 2.15. The Hall–Kier alpha value is -2.08. The highest BCUT2D eigenvalue weighted by atomic mass is 16.5. The van der Waals surface area contributed by atoms with E-state index in [1.807, 2.05) is 24.4 Å². The first kappa shape index (κ1) is 12.6. The fourth-order valence-electron chi connectivity index (χ4n) is 4.64. The minimum Gasteiger partial charge on any atom is -0.493 e. The lowest BCUT2D eigenvalue weighted by Crippen LogP contribution is -2.25. The molecule has 1 aliphatic carbocycles. The van der Waals surface area contributed by atoms with Crippen molar-refractivity contribution >= 4 is 11.9 Å². The van der Waals surface area contributed by atoms with E-state index >= 15 is 0 Å². The lowest BCUT2D eigenvalue weighted by Gasteiger charge is -2.28. The van der Waals surface area contributed by atoms with Crippen LogP contribution < -0.4 is 4.74 Å². The van der Waals surface area contributed by atoms with Gasteiger partial charge in [0.2, 0.25) is 0 Å². The maximum Gasteiger partial charge on any atom is 0.187 e. The minimum atomic E-state index is -0.0289. The van der Waals surface area contributed by atoms with Crippen molar-refractivity contribution in [3.05, 3.63) is 47.0 Å². The fraction of sp³-hybridized carbons (Fsp3) is 0.444. The average Bonchev–Trinajstić information content (AvgIpc) is 2.91. The molecule has 4 rings (SSSR count). The van der Waals surface area contributed by atoms with Crippen LogP contribution in [0.2, 0.25) is 0 Å². The van der Waals surface area contributed by atoms with E-state index in [0.717, 1.165) is 17.7 Å². The first-order chi connectivity index (χ1) is 9.99. The number of ether oxygens (including phenoxy) is 1. The highest BCUT2D eigenvalue weighted by Crippen LogP contribution is 2.83. The third-order valence-corrected chi connectivity index (χ3v) is 6.45. The molecule has 1 aromatic carbocycles. The van der Waals surface area contributed by atoms with Gasteiger partial charge < -0.3 is 4.74 Å². The number of nitrogens with zero attached hydrogens (tertiary/aromatic N) is 2. The molecule has 0 spiro atoms. The van der Waals surface area contributed by atoms with Gasteiger partial charge in [-0.05, 0) is 17.7 Å². The number of fused-ring (bicyclic) bond motifs is 3. The van der Waals surface area contributed by atoms with Crippen LogP contribution in [0.4, 0.5) is 5.69 Å². The molecule has 3 nitrogen and oxygen atoms in total. The maximum absolute atomic E-state index is 7.27. The molecular weight excluding hydrogens is 260 g/mol. The molecule has 3 heteroatoms. The van der Waals surface area contributed by atoms with Crippen molar-refractivity contribution in [1.29, 1.82) is 0 Å². The largest absolute Gasteiger partial charge is 0.493 e. The molecule has 21 heavy (non-hydrogen) atoms. The van der Waals surface area contributed by atoms with Crippen molar-refractivity contribution < 1.29 is 4.74 Å². The predicted octanol–water partition coefficient (Wildman–Crippen LogP) is 4.27. The summed E-state index contributed by atoms with van der Waals surface area (Å²) < 4.78 is 6.02. The third-order valence-electron chi connectivity index (χ3n) is 6.45.